The lowest BCUT2D eigenvalue weighted by atomic mass is 10.1. The van der Waals surface area contributed by atoms with E-state index in [1.165, 1.54) is 17.5 Å². The summed E-state index contributed by atoms with van der Waals surface area (Å²) in [4.78, 5) is 34.4. The van der Waals surface area contributed by atoms with Crippen molar-refractivity contribution in [2.75, 3.05) is 31.1 Å². The zero-order valence-electron chi connectivity index (χ0n) is 17.9. The quantitative estimate of drug-likeness (QED) is 0.642. The summed E-state index contributed by atoms with van der Waals surface area (Å²) in [6.45, 7) is 4.13. The van der Waals surface area contributed by atoms with E-state index in [0.717, 1.165) is 55.8 Å². The molecule has 31 heavy (non-hydrogen) atoms. The molecule has 2 fully saturated rings. The van der Waals surface area contributed by atoms with Crippen molar-refractivity contribution in [2.45, 2.75) is 38.3 Å². The molecule has 1 aliphatic heterocycles. The van der Waals surface area contributed by atoms with E-state index in [2.05, 4.69) is 19.9 Å². The topological polar surface area (TPSA) is 76.3 Å². The van der Waals surface area contributed by atoms with Gasteiger partial charge in [0.1, 0.15) is 0 Å². The van der Waals surface area contributed by atoms with Crippen LogP contribution in [0.5, 0.6) is 0 Å². The molecule has 0 spiro atoms. The molecule has 0 amide bonds. The molecule has 0 bridgehead atoms. The van der Waals surface area contributed by atoms with Gasteiger partial charge in [-0.15, -0.1) is 0 Å². The standard InChI is InChI=1S/C23H28N6O2/c1-26-22(30)17(8-9-25-26)15-27-10-12-28(13-11-27)19-6-7-20-21(14-19)24-16-29(23(20)31)18-4-2-3-5-18/h6-9,14,16,18H,2-5,10-13,15H2,1H3. The summed E-state index contributed by atoms with van der Waals surface area (Å²) in [5, 5.41) is 4.69. The number of fused-ring (bicyclic) bond motifs is 1. The Balaban J connectivity index is 1.29. The highest BCUT2D eigenvalue weighted by Crippen LogP contribution is 2.28. The van der Waals surface area contributed by atoms with Crippen LogP contribution in [0.1, 0.15) is 37.3 Å². The van der Waals surface area contributed by atoms with E-state index < -0.39 is 0 Å². The number of hydrogen-bond donors (Lipinski definition) is 0. The maximum absolute atomic E-state index is 12.9. The molecule has 0 atom stereocenters. The first kappa shape index (κ1) is 19.9. The van der Waals surface area contributed by atoms with Crippen LogP contribution >= 0.6 is 0 Å². The van der Waals surface area contributed by atoms with Crippen molar-refractivity contribution in [1.82, 2.24) is 24.2 Å². The van der Waals surface area contributed by atoms with Crippen molar-refractivity contribution in [3.05, 3.63) is 63.1 Å². The van der Waals surface area contributed by atoms with Crippen molar-refractivity contribution < 1.29 is 0 Å². The molecule has 3 aromatic rings. The van der Waals surface area contributed by atoms with Crippen LogP contribution < -0.4 is 16.0 Å². The van der Waals surface area contributed by atoms with Gasteiger partial charge in [0.2, 0.25) is 0 Å². The number of anilines is 1. The average molecular weight is 421 g/mol. The van der Waals surface area contributed by atoms with E-state index in [0.29, 0.717) is 18.0 Å². The first-order valence-corrected chi connectivity index (χ1v) is 11.1. The van der Waals surface area contributed by atoms with Crippen LogP contribution in [0.2, 0.25) is 0 Å². The second-order valence-electron chi connectivity index (χ2n) is 8.65. The minimum Gasteiger partial charge on any atom is -0.369 e. The molecule has 1 saturated carbocycles. The number of aromatic nitrogens is 4. The summed E-state index contributed by atoms with van der Waals surface area (Å²) in [6, 6.07) is 8.11. The number of nitrogens with zero attached hydrogens (tertiary/aromatic N) is 6. The summed E-state index contributed by atoms with van der Waals surface area (Å²) in [5.41, 5.74) is 2.68. The summed E-state index contributed by atoms with van der Waals surface area (Å²) in [5.74, 6) is 0. The Hall–Kier alpha value is -3.00. The lowest BCUT2D eigenvalue weighted by molar-refractivity contribution is 0.248. The second kappa shape index (κ2) is 8.26. The fourth-order valence-corrected chi connectivity index (χ4v) is 4.84. The van der Waals surface area contributed by atoms with Gasteiger partial charge in [-0.2, -0.15) is 5.10 Å². The minimum atomic E-state index is -0.0335. The van der Waals surface area contributed by atoms with E-state index in [9.17, 15) is 9.59 Å². The van der Waals surface area contributed by atoms with Crippen molar-refractivity contribution in [3.8, 4) is 0 Å². The Kier molecular flexibility index (Phi) is 5.31. The van der Waals surface area contributed by atoms with Crippen molar-refractivity contribution in [2.24, 2.45) is 7.05 Å². The molecular formula is C23H28N6O2. The summed E-state index contributed by atoms with van der Waals surface area (Å²) in [6.07, 6.45) is 7.93. The van der Waals surface area contributed by atoms with Crippen molar-refractivity contribution in [1.29, 1.82) is 0 Å². The van der Waals surface area contributed by atoms with Crippen LogP contribution in [0.3, 0.4) is 0 Å². The van der Waals surface area contributed by atoms with Gasteiger partial charge in [-0.3, -0.25) is 19.1 Å². The number of piperazine rings is 1. The minimum absolute atomic E-state index is 0.0335. The molecule has 1 saturated heterocycles. The summed E-state index contributed by atoms with van der Waals surface area (Å²) >= 11 is 0. The van der Waals surface area contributed by atoms with Gasteiger partial charge in [-0.25, -0.2) is 9.67 Å². The van der Waals surface area contributed by atoms with Gasteiger partial charge >= 0.3 is 0 Å². The normalized spacial score (nSPS) is 18.2. The second-order valence-corrected chi connectivity index (χ2v) is 8.65. The molecule has 2 aliphatic rings. The molecule has 5 rings (SSSR count). The maximum atomic E-state index is 12.9. The Bertz CT molecular complexity index is 1200. The number of rotatable bonds is 4. The third-order valence-electron chi connectivity index (χ3n) is 6.70. The van der Waals surface area contributed by atoms with Crippen LogP contribution in [0.15, 0.2) is 46.4 Å². The highest BCUT2D eigenvalue weighted by atomic mass is 16.1. The lowest BCUT2D eigenvalue weighted by Crippen LogP contribution is -2.46. The van der Waals surface area contributed by atoms with Crippen LogP contribution in [0.4, 0.5) is 5.69 Å². The van der Waals surface area contributed by atoms with Gasteiger partial charge in [0, 0.05) is 63.3 Å². The zero-order chi connectivity index (χ0) is 21.4. The lowest BCUT2D eigenvalue weighted by Gasteiger charge is -2.36. The smallest absolute Gasteiger partial charge is 0.270 e. The Labute approximate surface area is 180 Å². The van der Waals surface area contributed by atoms with Crippen LogP contribution in [0, 0.1) is 0 Å². The number of benzene rings is 1. The molecule has 162 valence electrons. The van der Waals surface area contributed by atoms with E-state index in [4.69, 9.17) is 0 Å². The molecule has 8 nitrogen and oxygen atoms in total. The first-order chi connectivity index (χ1) is 15.1. The number of hydrogen-bond acceptors (Lipinski definition) is 6. The molecule has 0 unspecified atom stereocenters. The summed E-state index contributed by atoms with van der Waals surface area (Å²) in [7, 11) is 1.68. The van der Waals surface area contributed by atoms with Gasteiger partial charge in [0.05, 0.1) is 17.2 Å². The molecule has 1 aromatic carbocycles. The monoisotopic (exact) mass is 420 g/mol. The van der Waals surface area contributed by atoms with E-state index >= 15 is 0 Å². The first-order valence-electron chi connectivity index (χ1n) is 11.1. The fraction of sp³-hybridized carbons (Fsp3) is 0.478. The predicted molar refractivity (Wildman–Crippen MR) is 120 cm³/mol. The molecule has 1 aliphatic carbocycles. The Morgan fingerprint density at radius 3 is 2.55 bits per heavy atom. The SMILES string of the molecule is Cn1nccc(CN2CCN(c3ccc4c(=O)n(C5CCCC5)cnc4c3)CC2)c1=O. The van der Waals surface area contributed by atoms with Crippen LogP contribution in [-0.4, -0.2) is 50.4 Å². The third kappa shape index (κ3) is 3.87. The fourth-order valence-electron chi connectivity index (χ4n) is 4.84. The van der Waals surface area contributed by atoms with Gasteiger partial charge in [-0.1, -0.05) is 12.8 Å². The zero-order valence-corrected chi connectivity index (χ0v) is 17.9. The van der Waals surface area contributed by atoms with E-state index in [1.807, 2.05) is 28.8 Å². The molecule has 0 radical (unpaired) electrons. The van der Waals surface area contributed by atoms with Gasteiger partial charge in [0.25, 0.3) is 11.1 Å². The van der Waals surface area contributed by atoms with E-state index in [1.54, 1.807) is 19.6 Å². The Morgan fingerprint density at radius 1 is 1.00 bits per heavy atom. The highest BCUT2D eigenvalue weighted by molar-refractivity contribution is 5.81. The highest BCUT2D eigenvalue weighted by Gasteiger charge is 2.21. The van der Waals surface area contributed by atoms with Gasteiger partial charge in [-0.05, 0) is 37.1 Å². The maximum Gasteiger partial charge on any atom is 0.270 e. The van der Waals surface area contributed by atoms with Gasteiger partial charge in [0.15, 0.2) is 0 Å². The molecule has 0 N–H and O–H groups in total. The number of aryl methyl sites for hydroxylation is 1. The van der Waals surface area contributed by atoms with Crippen LogP contribution in [0.25, 0.3) is 10.9 Å². The summed E-state index contributed by atoms with van der Waals surface area (Å²) < 4.78 is 3.21. The molecule has 2 aromatic heterocycles. The van der Waals surface area contributed by atoms with Crippen molar-refractivity contribution >= 4 is 16.6 Å². The largest absolute Gasteiger partial charge is 0.369 e. The predicted octanol–water partition coefficient (Wildman–Crippen LogP) is 1.93. The average Bonchev–Trinajstić information content (AvgIpc) is 3.32. The molecule has 8 heteroatoms. The molecular weight excluding hydrogens is 392 g/mol. The van der Waals surface area contributed by atoms with E-state index in [-0.39, 0.29) is 11.1 Å². The third-order valence-corrected chi connectivity index (χ3v) is 6.70. The Morgan fingerprint density at radius 2 is 1.77 bits per heavy atom. The molecule has 3 heterocycles. The van der Waals surface area contributed by atoms with Crippen LogP contribution in [-0.2, 0) is 13.6 Å². The van der Waals surface area contributed by atoms with Gasteiger partial charge < -0.3 is 4.90 Å². The van der Waals surface area contributed by atoms with Crippen molar-refractivity contribution in [3.63, 3.8) is 0 Å².